The molecule has 0 saturated carbocycles. The van der Waals surface area contributed by atoms with E-state index in [1.54, 1.807) is 163 Å². The molecule has 0 radical (unpaired) electrons. The van der Waals surface area contributed by atoms with Gasteiger partial charge in [-0.1, -0.05) is 36.4 Å². The van der Waals surface area contributed by atoms with Gasteiger partial charge in [0.15, 0.2) is 0 Å². The maximum atomic E-state index is 14.4. The van der Waals surface area contributed by atoms with Gasteiger partial charge in [0, 0.05) is 200 Å². The van der Waals surface area contributed by atoms with E-state index in [9.17, 15) is 70.4 Å². The predicted molar refractivity (Wildman–Crippen MR) is 551 cm³/mol. The number of para-hydroxylation sites is 1. The minimum absolute atomic E-state index is 0. The number of aryl methyl sites for hydroxylation is 2. The zero-order valence-corrected chi connectivity index (χ0v) is 82.7. The average Bonchev–Trinajstić information content (AvgIpc) is 1.65. The van der Waals surface area contributed by atoms with E-state index in [1.165, 1.54) is 79.9 Å². The Morgan fingerprint density at radius 2 is 0.845 bits per heavy atom. The van der Waals surface area contributed by atoms with Crippen molar-refractivity contribution in [3.05, 3.63) is 290 Å². The first kappa shape index (κ1) is 100. The Bertz CT molecular complexity index is 7530. The number of nitrogens with one attached hydrogen (secondary N) is 5. The smallest absolute Gasteiger partial charge is 0.263 e. The zero-order chi connectivity index (χ0) is 100. The summed E-state index contributed by atoms with van der Waals surface area (Å²) >= 11 is 1.97. The van der Waals surface area contributed by atoms with Gasteiger partial charge in [0.2, 0.25) is 33.9 Å². The standard InChI is InChI=1S/C25H25FN6O3S.C24H25FN6O3S2.C24H27FN6O3S.C24H24FN5O3S2.7H2/c1-18(32-12-10-19-3-2-4-22(26)24(19)32)25(33)31-15-13-30(14-16-31)20-5-7-21(8-6-20)36(34,35)29-23-9-11-27-17-28-23;1-16(31-10-9-18-15-19(25)3-8-22(18)31)23(32)30-13-11-29(12-14-30)20-4-6-21(7-5-20)36(33,34)28-24-26-17(2)27-35-24;1-17-3-4-19(25)15-22(17)28-18(2)24(32)31-13-11-30(12-14-31)20-5-7-21(8-6-20)35(33,34)29-23-9-10-26-16-27-23;1-16(30-14-11-20-21(25)3-2-4-22(20)30)23(31)29-12-9-18(10-13-29)17-5-7-19(8-6-17)35(32,33)28-24-26-15-27-34-24;;;;;;;/h2-12,17-18H,13-16H2,1H3,(H,27,28,29);3-10,15-16H,11-14H2,1-2H3,(H,26,27,28);3-10,15-16,18,28H,11-14H2,1-2H3,(H,26,27,29);2-8,11,14-16,18H,9-10,12-13H2,1H3,(H,26,27,28);7*1H/t18-;;;16-;;;;;;;/m1..0......./s1. The summed E-state index contributed by atoms with van der Waals surface area (Å²) in [5.41, 5.74) is 7.11. The number of rotatable bonds is 25. The van der Waals surface area contributed by atoms with E-state index in [2.05, 4.69) is 77.6 Å². The van der Waals surface area contributed by atoms with Crippen LogP contribution in [0.25, 0.3) is 32.7 Å². The first-order valence-corrected chi connectivity index (χ1v) is 52.9. The fourth-order valence-electron chi connectivity index (χ4n) is 17.3. The molecule has 142 heavy (non-hydrogen) atoms. The van der Waals surface area contributed by atoms with Crippen LogP contribution < -0.4 is 38.9 Å². The molecule has 4 atom stereocenters. The second-order valence-electron chi connectivity index (χ2n) is 34.2. The van der Waals surface area contributed by atoms with Crippen LogP contribution in [-0.4, -0.2) is 227 Å². The van der Waals surface area contributed by atoms with Crippen LogP contribution in [0.1, 0.15) is 91.5 Å². The quantitative estimate of drug-likeness (QED) is 0.0332. The third-order valence-corrected chi connectivity index (χ3v) is 32.1. The molecule has 4 fully saturated rings. The van der Waals surface area contributed by atoms with E-state index in [4.69, 9.17) is 0 Å². The van der Waals surface area contributed by atoms with Crippen LogP contribution >= 0.6 is 23.1 Å². The number of nitrogens with zero attached hydrogens (tertiary/aromatic N) is 18. The number of piperidine rings is 1. The van der Waals surface area contributed by atoms with E-state index in [0.29, 0.717) is 120 Å². The Morgan fingerprint density at radius 3 is 1.34 bits per heavy atom. The third-order valence-electron chi connectivity index (χ3n) is 25.1. The number of amides is 4. The highest BCUT2D eigenvalue weighted by atomic mass is 32.2. The predicted octanol–water partition coefficient (Wildman–Crippen LogP) is 15.9. The SMILES string of the molecule is C[C@@H](C(=O)N1CCC(c2ccc(S(=O)(=O)Nc3ncns3)cc2)CC1)n1ccc2c(F)cccc21.C[C@H](C(=O)N1CCN(c2ccc(S(=O)(=O)Nc3ccncn3)cc2)CC1)n1ccc2cccc(F)c21.Cc1ccc(F)cc1NC(C)C(=O)N1CCN(c2ccc(S(=O)(=O)Nc3ccncn3)cc2)CC1.Cc1nsc(NS(=O)(=O)c2ccc(N3CCN(C(=O)C(C)n4ccc5cc(F)ccc54)CC3)cc2)n1.[HH].[HH].[HH].[HH].[HH].[HH].[HH]. The van der Waals surface area contributed by atoms with Gasteiger partial charge in [0.1, 0.15) is 83.9 Å². The number of aromatic nitrogens is 11. The lowest BCUT2D eigenvalue weighted by Crippen LogP contribution is -2.52. The molecule has 2 unspecified atom stereocenters. The number of benzene rings is 8. The first-order chi connectivity index (χ1) is 68.1. The van der Waals surface area contributed by atoms with Gasteiger partial charge in [-0.25, -0.2) is 81.1 Å². The molecular formula is C97H115F4N23O12S6. The van der Waals surface area contributed by atoms with Gasteiger partial charge in [-0.15, -0.1) is 0 Å². The van der Waals surface area contributed by atoms with Gasteiger partial charge in [0.25, 0.3) is 40.1 Å². The van der Waals surface area contributed by atoms with Crippen LogP contribution in [0.5, 0.6) is 0 Å². The van der Waals surface area contributed by atoms with Crippen molar-refractivity contribution in [2.75, 3.05) is 131 Å². The number of halogens is 4. The maximum absolute atomic E-state index is 14.4. The summed E-state index contributed by atoms with van der Waals surface area (Å²) in [7, 11) is -15.0. The fraction of sp³-hybridized carbons (Fsp3) is 0.278. The zero-order valence-electron chi connectivity index (χ0n) is 77.8. The molecule has 0 bridgehead atoms. The van der Waals surface area contributed by atoms with Crippen molar-refractivity contribution in [2.45, 2.75) is 104 Å². The average molecular weight is 2060 g/mol. The fourth-order valence-corrected chi connectivity index (χ4v) is 22.8. The molecule has 19 rings (SSSR count). The molecule has 15 aromatic rings. The molecule has 4 aliphatic heterocycles. The van der Waals surface area contributed by atoms with Crippen molar-refractivity contribution in [3.63, 3.8) is 0 Å². The summed E-state index contributed by atoms with van der Waals surface area (Å²) in [5, 5.41) is 5.60. The number of piperazine rings is 3. The number of carbonyl (C=O) groups excluding carboxylic acids is 4. The van der Waals surface area contributed by atoms with Crippen molar-refractivity contribution >= 4 is 164 Å². The van der Waals surface area contributed by atoms with E-state index in [0.717, 1.165) is 80.4 Å². The Kier molecular flexibility index (Phi) is 30.9. The Labute approximate surface area is 836 Å². The third kappa shape index (κ3) is 23.7. The first-order valence-electron chi connectivity index (χ1n) is 45.4. The van der Waals surface area contributed by atoms with Gasteiger partial charge in [0.05, 0.1) is 30.6 Å². The lowest BCUT2D eigenvalue weighted by atomic mass is 9.89. The van der Waals surface area contributed by atoms with Crippen molar-refractivity contribution in [1.29, 1.82) is 0 Å². The molecule has 4 aliphatic rings. The number of hydrogen-bond acceptors (Lipinski definition) is 26. The second-order valence-corrected chi connectivity index (χ2v) is 42.4. The van der Waals surface area contributed by atoms with Crippen molar-refractivity contribution < 1.29 is 80.4 Å². The van der Waals surface area contributed by atoms with Gasteiger partial charge in [-0.05, 0) is 235 Å². The van der Waals surface area contributed by atoms with Crippen molar-refractivity contribution in [3.8, 4) is 0 Å². The van der Waals surface area contributed by atoms with Crippen LogP contribution in [-0.2, 0) is 59.3 Å². The molecule has 754 valence electrons. The molecule has 4 amide bonds. The molecular weight excluding hydrogens is 1950 g/mol. The molecule has 5 N–H and O–H groups in total. The van der Waals surface area contributed by atoms with E-state index in [-0.39, 0.29) is 104 Å². The van der Waals surface area contributed by atoms with Gasteiger partial charge in [-0.3, -0.25) is 38.1 Å². The Morgan fingerprint density at radius 1 is 0.408 bits per heavy atom. The molecule has 7 aromatic heterocycles. The molecule has 8 aromatic carbocycles. The molecule has 4 saturated heterocycles. The minimum Gasteiger partial charge on any atom is -0.374 e. The highest BCUT2D eigenvalue weighted by molar-refractivity contribution is 7.93. The number of fused-ring (bicyclic) bond motifs is 3. The molecule has 35 nitrogen and oxygen atoms in total. The molecule has 45 heteroatoms. The van der Waals surface area contributed by atoms with E-state index in [1.807, 2.05) is 82.3 Å². The van der Waals surface area contributed by atoms with Crippen LogP contribution in [0.2, 0.25) is 0 Å². The summed E-state index contributed by atoms with van der Waals surface area (Å²) in [4.78, 5) is 89.8. The van der Waals surface area contributed by atoms with E-state index >= 15 is 0 Å². The molecule has 11 heterocycles. The number of anilines is 8. The van der Waals surface area contributed by atoms with Crippen LogP contribution in [0.15, 0.2) is 270 Å². The Balaban J connectivity index is 0.000000217. The van der Waals surface area contributed by atoms with Gasteiger partial charge < -0.3 is 53.3 Å². The van der Waals surface area contributed by atoms with Crippen LogP contribution in [0.4, 0.5) is 62.2 Å². The van der Waals surface area contributed by atoms with Crippen molar-refractivity contribution in [1.82, 2.24) is 72.0 Å². The molecule has 0 aliphatic carbocycles. The number of hydrogen-bond donors (Lipinski definition) is 5. The minimum atomic E-state index is -3.77. The highest BCUT2D eigenvalue weighted by Crippen LogP contribution is 2.35. The lowest BCUT2D eigenvalue weighted by molar-refractivity contribution is -0.135. The summed E-state index contributed by atoms with van der Waals surface area (Å²) in [6.07, 6.45) is 13.7. The summed E-state index contributed by atoms with van der Waals surface area (Å²) in [6.45, 7) is 18.9. The summed E-state index contributed by atoms with van der Waals surface area (Å²) in [6, 6.07) is 51.9. The highest BCUT2D eigenvalue weighted by Gasteiger charge is 2.34. The van der Waals surface area contributed by atoms with Crippen LogP contribution in [0, 0.1) is 37.1 Å². The van der Waals surface area contributed by atoms with Crippen LogP contribution in [0.3, 0.4) is 0 Å². The maximum Gasteiger partial charge on any atom is 0.263 e. The summed E-state index contributed by atoms with van der Waals surface area (Å²) in [5.74, 6) is -0.249. The molecule has 0 spiro atoms. The second kappa shape index (κ2) is 43.7. The summed E-state index contributed by atoms with van der Waals surface area (Å²) < 4.78 is 179. The normalized spacial score (nSPS) is 15.3. The van der Waals surface area contributed by atoms with Gasteiger partial charge >= 0.3 is 0 Å². The Hall–Kier alpha value is -14.5. The topological polar surface area (TPSA) is 406 Å². The number of carbonyl (C=O) groups is 4. The van der Waals surface area contributed by atoms with Crippen molar-refractivity contribution in [2.24, 2.45) is 0 Å². The van der Waals surface area contributed by atoms with Gasteiger partial charge in [-0.2, -0.15) is 8.75 Å². The van der Waals surface area contributed by atoms with E-state index < -0.39 is 64.3 Å². The largest absolute Gasteiger partial charge is 0.374 e. The number of sulfonamides is 4. The number of likely N-dealkylation sites (tertiary alicyclic amines) is 1. The monoisotopic (exact) mass is 2060 g/mol. The lowest BCUT2D eigenvalue weighted by Gasteiger charge is -2.37.